The van der Waals surface area contributed by atoms with Crippen LogP contribution in [0.5, 0.6) is 0 Å². The molecule has 0 aliphatic carbocycles. The quantitative estimate of drug-likeness (QED) is 0.101. The number of hydrazine groups is 1. The lowest BCUT2D eigenvalue weighted by Crippen LogP contribution is -2.43. The first-order chi connectivity index (χ1) is 13.6. The monoisotopic (exact) mass is 407 g/mol. The van der Waals surface area contributed by atoms with Crippen molar-refractivity contribution in [1.82, 2.24) is 14.8 Å². The molecule has 0 bridgehead atoms. The van der Waals surface area contributed by atoms with Crippen LogP contribution in [0.1, 0.15) is 41.4 Å². The number of hydrazone groups is 1. The molecule has 154 valence electrons. The number of fused-ring (bicyclic) bond motifs is 1. The second-order valence-electron chi connectivity index (χ2n) is 5.94. The first-order valence-electron chi connectivity index (χ1n) is 7.89. The summed E-state index contributed by atoms with van der Waals surface area (Å²) in [6.45, 7) is -1.02. The van der Waals surface area contributed by atoms with Gasteiger partial charge in [0.05, 0.1) is 23.2 Å². The molecule has 1 aromatic rings. The number of nitrogens with two attached hydrogens (primary N) is 2. The van der Waals surface area contributed by atoms with Crippen molar-refractivity contribution in [3.05, 3.63) is 44.5 Å². The number of carbonyl (C=O) groups excluding carboxylic acids is 4. The molecule has 1 aromatic carbocycles. The van der Waals surface area contributed by atoms with E-state index in [-0.39, 0.29) is 34.6 Å². The van der Waals surface area contributed by atoms with Gasteiger partial charge in [-0.25, -0.2) is 10.7 Å². The molecule has 29 heavy (non-hydrogen) atoms. The lowest BCUT2D eigenvalue weighted by Gasteiger charge is -2.22. The minimum atomic E-state index is -1.16. The van der Waals surface area contributed by atoms with Gasteiger partial charge in [0.1, 0.15) is 0 Å². The van der Waals surface area contributed by atoms with E-state index in [9.17, 15) is 29.3 Å². The van der Waals surface area contributed by atoms with E-state index >= 15 is 0 Å². The number of benzene rings is 1. The number of amidine groups is 1. The maximum absolute atomic E-state index is 12.8. The Bertz CT molecular complexity index is 928. The third kappa shape index (κ3) is 4.11. The van der Waals surface area contributed by atoms with Crippen molar-refractivity contribution in [1.29, 1.82) is 0 Å². The van der Waals surface area contributed by atoms with Crippen LogP contribution in [0, 0.1) is 10.1 Å². The average Bonchev–Trinajstić information content (AvgIpc) is 2.91. The van der Waals surface area contributed by atoms with E-state index < -0.39 is 29.5 Å². The van der Waals surface area contributed by atoms with E-state index in [4.69, 9.17) is 11.7 Å². The highest BCUT2D eigenvalue weighted by atomic mass is 17.0. The van der Waals surface area contributed by atoms with E-state index in [1.807, 2.05) is 0 Å². The Balaban J connectivity index is 2.39. The number of likely N-dealkylation sites (N-methyl/N-ethyl adjacent to an activating group) is 2. The highest BCUT2D eigenvalue weighted by molar-refractivity contribution is 6.22. The van der Waals surface area contributed by atoms with Crippen molar-refractivity contribution in [3.63, 3.8) is 0 Å². The van der Waals surface area contributed by atoms with E-state index in [1.54, 1.807) is 0 Å². The summed E-state index contributed by atoms with van der Waals surface area (Å²) >= 11 is 0. The SMILES string of the molecule is CN(C/C(=N/N)N(C)N)C(=O)c1cc2c(cc1C=O)C(=O)N(CO[N+](=O)[O-])C2=O. The molecule has 0 radical (unpaired) electrons. The van der Waals surface area contributed by atoms with Crippen molar-refractivity contribution >= 4 is 29.8 Å². The summed E-state index contributed by atoms with van der Waals surface area (Å²) < 4.78 is 0. The fraction of sp³-hybridized carbons (Fsp3) is 0.267. The molecule has 1 heterocycles. The zero-order valence-corrected chi connectivity index (χ0v) is 15.4. The predicted molar refractivity (Wildman–Crippen MR) is 95.8 cm³/mol. The number of aldehydes is 1. The normalized spacial score (nSPS) is 13.2. The molecule has 0 saturated heterocycles. The number of carbonyl (C=O) groups is 4. The summed E-state index contributed by atoms with van der Waals surface area (Å²) in [5.41, 5.74) is -0.663. The minimum Gasteiger partial charge on any atom is -0.334 e. The molecule has 0 fully saturated rings. The molecule has 3 amide bonds. The van der Waals surface area contributed by atoms with Crippen LogP contribution in [-0.2, 0) is 4.84 Å². The Morgan fingerprint density at radius 2 is 1.90 bits per heavy atom. The number of imide groups is 1. The van der Waals surface area contributed by atoms with Gasteiger partial charge in [-0.2, -0.15) is 5.10 Å². The van der Waals surface area contributed by atoms with Crippen LogP contribution in [0.15, 0.2) is 17.2 Å². The summed E-state index contributed by atoms with van der Waals surface area (Å²) in [5.74, 6) is 8.46. The zero-order chi connectivity index (χ0) is 21.9. The number of rotatable bonds is 7. The van der Waals surface area contributed by atoms with Gasteiger partial charge in [-0.05, 0) is 12.1 Å². The van der Waals surface area contributed by atoms with E-state index in [2.05, 4.69) is 9.94 Å². The fourth-order valence-electron chi connectivity index (χ4n) is 2.59. The van der Waals surface area contributed by atoms with E-state index in [0.29, 0.717) is 11.2 Å². The number of hydrogen-bond acceptors (Lipinski definition) is 10. The summed E-state index contributed by atoms with van der Waals surface area (Å²) in [4.78, 5) is 65.0. The molecule has 0 aromatic heterocycles. The second kappa shape index (κ2) is 8.30. The van der Waals surface area contributed by atoms with Gasteiger partial charge < -0.3 is 10.7 Å². The lowest BCUT2D eigenvalue weighted by atomic mass is 9.99. The van der Waals surface area contributed by atoms with Gasteiger partial charge in [-0.3, -0.25) is 29.0 Å². The van der Waals surface area contributed by atoms with Gasteiger partial charge in [0.25, 0.3) is 22.8 Å². The topological polar surface area (TPSA) is 195 Å². The van der Waals surface area contributed by atoms with Gasteiger partial charge >= 0.3 is 0 Å². The molecule has 1 aliphatic heterocycles. The van der Waals surface area contributed by atoms with Crippen molar-refractivity contribution in [2.75, 3.05) is 27.4 Å². The fourth-order valence-corrected chi connectivity index (χ4v) is 2.59. The maximum Gasteiger partial charge on any atom is 0.296 e. The molecule has 0 saturated carbocycles. The zero-order valence-electron chi connectivity index (χ0n) is 15.4. The first kappa shape index (κ1) is 21.2. The molecule has 2 rings (SSSR count). The standard InChI is InChI=1S/C15H17N7O7/c1-19(5-12(18-16)20(2)17)13(24)9-4-11-10(3-8(9)6-23)14(25)21(15(11)26)7-29-22(27)28/h3-4,6H,5,7,16-17H2,1-2H3/b18-12-. The molecule has 4 N–H and O–H groups in total. The van der Waals surface area contributed by atoms with Crippen LogP contribution in [-0.4, -0.2) is 77.1 Å². The van der Waals surface area contributed by atoms with Crippen LogP contribution < -0.4 is 11.7 Å². The van der Waals surface area contributed by atoms with Crippen LogP contribution in [0.25, 0.3) is 0 Å². The number of hydrogen-bond donors (Lipinski definition) is 2. The Hall–Kier alpha value is -4.07. The largest absolute Gasteiger partial charge is 0.334 e. The third-order valence-electron chi connectivity index (χ3n) is 4.07. The number of nitrogens with zero attached hydrogens (tertiary/aromatic N) is 5. The molecule has 0 spiro atoms. The van der Waals surface area contributed by atoms with Gasteiger partial charge in [-0.1, -0.05) is 0 Å². The smallest absolute Gasteiger partial charge is 0.296 e. The predicted octanol–water partition coefficient (Wildman–Crippen LogP) is -1.59. The number of amides is 3. The molecule has 1 aliphatic rings. The van der Waals surface area contributed by atoms with Crippen molar-refractivity contribution in [2.24, 2.45) is 16.8 Å². The minimum absolute atomic E-state index is 0.104. The highest BCUT2D eigenvalue weighted by Gasteiger charge is 2.38. The van der Waals surface area contributed by atoms with Crippen LogP contribution in [0.3, 0.4) is 0 Å². The van der Waals surface area contributed by atoms with E-state index in [0.717, 1.165) is 22.0 Å². The molecule has 0 atom stereocenters. The molecule has 14 nitrogen and oxygen atoms in total. The highest BCUT2D eigenvalue weighted by Crippen LogP contribution is 2.26. The lowest BCUT2D eigenvalue weighted by molar-refractivity contribution is -0.761. The Morgan fingerprint density at radius 3 is 2.38 bits per heavy atom. The summed E-state index contributed by atoms with van der Waals surface area (Å²) in [7, 11) is 2.85. The summed E-state index contributed by atoms with van der Waals surface area (Å²) in [6, 6.07) is 2.15. The third-order valence-corrected chi connectivity index (χ3v) is 4.07. The Morgan fingerprint density at radius 1 is 1.31 bits per heavy atom. The van der Waals surface area contributed by atoms with Crippen molar-refractivity contribution < 1.29 is 29.1 Å². The van der Waals surface area contributed by atoms with Gasteiger partial charge in [0.2, 0.25) is 0 Å². The van der Waals surface area contributed by atoms with Gasteiger partial charge in [0.15, 0.2) is 18.9 Å². The summed E-state index contributed by atoms with van der Waals surface area (Å²) in [5, 5.41) is 13.7. The van der Waals surface area contributed by atoms with Crippen LogP contribution in [0.2, 0.25) is 0 Å². The molecule has 14 heteroatoms. The van der Waals surface area contributed by atoms with Crippen molar-refractivity contribution in [2.45, 2.75) is 0 Å². The van der Waals surface area contributed by atoms with Crippen LogP contribution in [0.4, 0.5) is 0 Å². The molecular weight excluding hydrogens is 390 g/mol. The maximum atomic E-state index is 12.8. The van der Waals surface area contributed by atoms with Crippen molar-refractivity contribution in [3.8, 4) is 0 Å². The Labute approximate surface area is 163 Å². The van der Waals surface area contributed by atoms with Crippen LogP contribution >= 0.6 is 0 Å². The van der Waals surface area contributed by atoms with Gasteiger partial charge in [0, 0.05) is 19.7 Å². The first-order valence-corrected chi connectivity index (χ1v) is 7.89. The molecule has 0 unspecified atom stereocenters. The Kier molecular flexibility index (Phi) is 6.08. The van der Waals surface area contributed by atoms with E-state index in [1.165, 1.54) is 14.1 Å². The molecular formula is C15H17N7O7. The van der Waals surface area contributed by atoms with Gasteiger partial charge in [-0.15, -0.1) is 10.1 Å². The second-order valence-corrected chi connectivity index (χ2v) is 5.94. The summed E-state index contributed by atoms with van der Waals surface area (Å²) in [6.07, 6.45) is 0.349. The average molecular weight is 407 g/mol.